The van der Waals surface area contributed by atoms with Crippen LogP contribution in [0.1, 0.15) is 20.3 Å². The molecule has 2 bridgehead atoms. The Balaban J connectivity index is 1.18. The van der Waals surface area contributed by atoms with Gasteiger partial charge in [-0.3, -0.25) is 19.6 Å². The first-order chi connectivity index (χ1) is 14.2. The van der Waals surface area contributed by atoms with E-state index in [0.29, 0.717) is 5.92 Å². The average molecular weight is 413 g/mol. The standard InChI is InChI=1S/C22H44N4O3/c1-20(2)19-29-15-11-26-18-21-16-22(26)17-25(21)10-14-28-13-9-24-6-4-23(5-7-24)8-12-27-3/h20-22H,4-19H2,1-3H3/t21-,22-/m0/s1. The molecule has 0 aromatic carbocycles. The molecule has 29 heavy (non-hydrogen) atoms. The van der Waals surface area contributed by atoms with Crippen LogP contribution in [0.15, 0.2) is 0 Å². The molecule has 0 N–H and O–H groups in total. The lowest BCUT2D eigenvalue weighted by Gasteiger charge is -2.35. The van der Waals surface area contributed by atoms with Crippen LogP contribution in [0.2, 0.25) is 0 Å². The van der Waals surface area contributed by atoms with Crippen molar-refractivity contribution in [2.45, 2.75) is 32.4 Å². The lowest BCUT2D eigenvalue weighted by Crippen LogP contribution is -2.48. The number of hydrogen-bond acceptors (Lipinski definition) is 7. The molecule has 3 aliphatic heterocycles. The minimum absolute atomic E-state index is 0.631. The molecule has 0 aromatic rings. The van der Waals surface area contributed by atoms with Crippen molar-refractivity contribution in [1.29, 1.82) is 0 Å². The molecule has 2 atom stereocenters. The van der Waals surface area contributed by atoms with Gasteiger partial charge in [0.25, 0.3) is 0 Å². The van der Waals surface area contributed by atoms with Crippen molar-refractivity contribution in [3.63, 3.8) is 0 Å². The van der Waals surface area contributed by atoms with Gasteiger partial charge in [-0.05, 0) is 12.3 Å². The van der Waals surface area contributed by atoms with E-state index in [-0.39, 0.29) is 0 Å². The molecular weight excluding hydrogens is 368 g/mol. The molecule has 3 fully saturated rings. The highest BCUT2D eigenvalue weighted by atomic mass is 16.5. The topological polar surface area (TPSA) is 40.7 Å². The Bertz CT molecular complexity index is 446. The van der Waals surface area contributed by atoms with E-state index in [0.717, 1.165) is 97.5 Å². The summed E-state index contributed by atoms with van der Waals surface area (Å²) >= 11 is 0. The van der Waals surface area contributed by atoms with E-state index in [2.05, 4.69) is 33.4 Å². The molecule has 170 valence electrons. The zero-order chi connectivity index (χ0) is 20.5. The summed E-state index contributed by atoms with van der Waals surface area (Å²) in [5.41, 5.74) is 0. The molecule has 3 rings (SSSR count). The van der Waals surface area contributed by atoms with Crippen molar-refractivity contribution in [1.82, 2.24) is 19.6 Å². The molecule has 0 amide bonds. The monoisotopic (exact) mass is 412 g/mol. The summed E-state index contributed by atoms with van der Waals surface area (Å²) in [6.07, 6.45) is 1.33. The Kier molecular flexibility index (Phi) is 10.1. The van der Waals surface area contributed by atoms with Crippen LogP contribution in [-0.2, 0) is 14.2 Å². The lowest BCUT2D eigenvalue weighted by atomic mass is 10.2. The second-order valence-electron chi connectivity index (χ2n) is 9.29. The molecule has 0 spiro atoms. The predicted octanol–water partition coefficient (Wildman–Crippen LogP) is 0.698. The fourth-order valence-corrected chi connectivity index (χ4v) is 4.81. The fraction of sp³-hybridized carbons (Fsp3) is 1.00. The number of rotatable bonds is 14. The number of piperazine rings is 2. The first kappa shape index (κ1) is 23.4. The Morgan fingerprint density at radius 2 is 1.24 bits per heavy atom. The van der Waals surface area contributed by atoms with Crippen molar-refractivity contribution in [3.05, 3.63) is 0 Å². The zero-order valence-corrected chi connectivity index (χ0v) is 19.1. The van der Waals surface area contributed by atoms with Gasteiger partial charge in [0.2, 0.25) is 0 Å². The van der Waals surface area contributed by atoms with Crippen LogP contribution >= 0.6 is 0 Å². The van der Waals surface area contributed by atoms with Crippen molar-refractivity contribution < 1.29 is 14.2 Å². The average Bonchev–Trinajstić information content (AvgIpc) is 3.30. The van der Waals surface area contributed by atoms with Crippen LogP contribution in [0.3, 0.4) is 0 Å². The zero-order valence-electron chi connectivity index (χ0n) is 19.1. The van der Waals surface area contributed by atoms with Crippen molar-refractivity contribution in [3.8, 4) is 0 Å². The summed E-state index contributed by atoms with van der Waals surface area (Å²) in [7, 11) is 1.78. The smallest absolute Gasteiger partial charge is 0.0594 e. The number of ether oxygens (including phenoxy) is 3. The largest absolute Gasteiger partial charge is 0.383 e. The van der Waals surface area contributed by atoms with E-state index >= 15 is 0 Å². The first-order valence-electron chi connectivity index (χ1n) is 11.7. The Morgan fingerprint density at radius 1 is 0.724 bits per heavy atom. The molecule has 7 nitrogen and oxygen atoms in total. The minimum atomic E-state index is 0.631. The van der Waals surface area contributed by atoms with Gasteiger partial charge in [0.15, 0.2) is 0 Å². The summed E-state index contributed by atoms with van der Waals surface area (Å²) in [5, 5.41) is 0. The maximum Gasteiger partial charge on any atom is 0.0594 e. The molecule has 7 heteroatoms. The SMILES string of the molecule is COCCN1CCN(CCOCCN2C[C@@H]3C[C@H]2CN3CCOCC(C)C)CC1. The van der Waals surface area contributed by atoms with E-state index in [9.17, 15) is 0 Å². The third kappa shape index (κ3) is 7.73. The minimum Gasteiger partial charge on any atom is -0.383 e. The van der Waals surface area contributed by atoms with E-state index < -0.39 is 0 Å². The Labute approximate surface area is 178 Å². The summed E-state index contributed by atoms with van der Waals surface area (Å²) < 4.78 is 16.9. The van der Waals surface area contributed by atoms with Crippen molar-refractivity contribution in [2.24, 2.45) is 5.92 Å². The molecule has 0 aliphatic carbocycles. The van der Waals surface area contributed by atoms with Crippen LogP contribution < -0.4 is 0 Å². The number of likely N-dealkylation sites (tertiary alicyclic amines) is 2. The Morgan fingerprint density at radius 3 is 1.76 bits per heavy atom. The van der Waals surface area contributed by atoms with Crippen LogP contribution in [0.25, 0.3) is 0 Å². The molecule has 3 aliphatic rings. The van der Waals surface area contributed by atoms with Crippen molar-refractivity contribution in [2.75, 3.05) is 106 Å². The molecular formula is C22H44N4O3. The van der Waals surface area contributed by atoms with Gasteiger partial charge in [-0.25, -0.2) is 0 Å². The van der Waals surface area contributed by atoms with Gasteiger partial charge >= 0.3 is 0 Å². The van der Waals surface area contributed by atoms with Crippen molar-refractivity contribution >= 4 is 0 Å². The highest BCUT2D eigenvalue weighted by Gasteiger charge is 2.42. The molecule has 0 aromatic heterocycles. The van der Waals surface area contributed by atoms with E-state index in [1.165, 1.54) is 19.5 Å². The molecule has 0 radical (unpaired) electrons. The van der Waals surface area contributed by atoms with Gasteiger partial charge < -0.3 is 14.2 Å². The highest BCUT2D eigenvalue weighted by Crippen LogP contribution is 2.29. The second kappa shape index (κ2) is 12.5. The maximum absolute atomic E-state index is 5.98. The number of methoxy groups -OCH3 is 1. The molecule has 3 heterocycles. The maximum atomic E-state index is 5.98. The summed E-state index contributed by atoms with van der Waals surface area (Å²) in [5.74, 6) is 0.631. The van der Waals surface area contributed by atoms with Gasteiger partial charge in [-0.2, -0.15) is 0 Å². The number of fused-ring (bicyclic) bond motifs is 2. The van der Waals surface area contributed by atoms with Crippen LogP contribution in [-0.4, -0.2) is 137 Å². The molecule has 0 unspecified atom stereocenters. The third-order valence-corrected chi connectivity index (χ3v) is 6.59. The van der Waals surface area contributed by atoms with Crippen LogP contribution in [0.5, 0.6) is 0 Å². The van der Waals surface area contributed by atoms with E-state index in [1.807, 2.05) is 0 Å². The quantitative estimate of drug-likeness (QED) is 0.389. The summed E-state index contributed by atoms with van der Waals surface area (Å²) in [6, 6.07) is 1.46. The first-order valence-corrected chi connectivity index (χ1v) is 11.7. The van der Waals surface area contributed by atoms with Crippen LogP contribution in [0.4, 0.5) is 0 Å². The Hall–Kier alpha value is -0.280. The van der Waals surface area contributed by atoms with Gasteiger partial charge in [-0.1, -0.05) is 13.8 Å². The van der Waals surface area contributed by atoms with E-state index in [4.69, 9.17) is 14.2 Å². The predicted molar refractivity (Wildman–Crippen MR) is 117 cm³/mol. The fourth-order valence-electron chi connectivity index (χ4n) is 4.81. The second-order valence-corrected chi connectivity index (χ2v) is 9.29. The van der Waals surface area contributed by atoms with Gasteiger partial charge in [-0.15, -0.1) is 0 Å². The lowest BCUT2D eigenvalue weighted by molar-refractivity contribution is 0.0391. The number of hydrogen-bond donors (Lipinski definition) is 0. The summed E-state index contributed by atoms with van der Waals surface area (Å²) in [6.45, 7) is 20.1. The molecule has 3 saturated heterocycles. The van der Waals surface area contributed by atoms with Crippen LogP contribution in [0, 0.1) is 5.92 Å². The van der Waals surface area contributed by atoms with Gasteiger partial charge in [0.1, 0.15) is 0 Å². The van der Waals surface area contributed by atoms with Gasteiger partial charge in [0.05, 0.1) is 26.4 Å². The normalized spacial score (nSPS) is 26.9. The highest BCUT2D eigenvalue weighted by molar-refractivity contribution is 4.99. The third-order valence-electron chi connectivity index (χ3n) is 6.59. The molecule has 0 saturated carbocycles. The summed E-state index contributed by atoms with van der Waals surface area (Å²) in [4.78, 5) is 10.3. The van der Waals surface area contributed by atoms with E-state index in [1.54, 1.807) is 7.11 Å². The number of nitrogens with zero attached hydrogens (tertiary/aromatic N) is 4. The van der Waals surface area contributed by atoms with Gasteiger partial charge in [0, 0.05) is 91.2 Å².